The topological polar surface area (TPSA) is 20.2 Å². The van der Waals surface area contributed by atoms with Crippen LogP contribution in [0.1, 0.15) is 26.4 Å². The highest BCUT2D eigenvalue weighted by atomic mass is 32.1. The first kappa shape index (κ1) is 12.1. The normalized spacial score (nSPS) is 11.2. The second kappa shape index (κ2) is 5.30. The van der Waals surface area contributed by atoms with Crippen LogP contribution in [0.15, 0.2) is 30.3 Å². The molecule has 0 aliphatic rings. The Morgan fingerprint density at radius 1 is 1.06 bits per heavy atom. The Labute approximate surface area is 106 Å². The van der Waals surface area contributed by atoms with Gasteiger partial charge in [-0.1, -0.05) is 36.4 Å². The van der Waals surface area contributed by atoms with Crippen LogP contribution in [0.5, 0.6) is 0 Å². The van der Waals surface area contributed by atoms with E-state index in [1.54, 1.807) is 11.3 Å². The first-order chi connectivity index (χ1) is 8.22. The zero-order chi connectivity index (χ0) is 12.3. The monoisotopic (exact) mass is 244 g/mol. The van der Waals surface area contributed by atoms with Crippen molar-refractivity contribution in [2.75, 3.05) is 0 Å². The molecule has 0 saturated carbocycles. The van der Waals surface area contributed by atoms with E-state index in [2.05, 4.69) is 38.1 Å². The summed E-state index contributed by atoms with van der Waals surface area (Å²) in [4.78, 5) is 2.30. The Morgan fingerprint density at radius 2 is 1.76 bits per heavy atom. The molecule has 1 aromatic heterocycles. The van der Waals surface area contributed by atoms with Gasteiger partial charge in [-0.05, 0) is 36.6 Å². The summed E-state index contributed by atoms with van der Waals surface area (Å²) >= 11 is 1.67. The van der Waals surface area contributed by atoms with Gasteiger partial charge in [-0.3, -0.25) is 0 Å². The molecule has 17 heavy (non-hydrogen) atoms. The molecule has 0 aliphatic carbocycles. The molecule has 0 aliphatic heterocycles. The molecule has 0 atom stereocenters. The summed E-state index contributed by atoms with van der Waals surface area (Å²) in [5.74, 6) is 0. The van der Waals surface area contributed by atoms with Gasteiger partial charge in [0.2, 0.25) is 0 Å². The molecule has 2 rings (SSSR count). The third kappa shape index (κ3) is 2.65. The molecule has 0 amide bonds. The molecule has 1 N–H and O–H groups in total. The van der Waals surface area contributed by atoms with Crippen molar-refractivity contribution in [3.63, 3.8) is 0 Å². The van der Waals surface area contributed by atoms with E-state index in [9.17, 15) is 5.11 Å². The molecule has 88 valence electrons. The quantitative estimate of drug-likeness (QED) is 0.864. The van der Waals surface area contributed by atoms with Crippen molar-refractivity contribution in [1.82, 2.24) is 0 Å². The number of rotatable bonds is 3. The van der Waals surface area contributed by atoms with Gasteiger partial charge in [0.15, 0.2) is 0 Å². The summed E-state index contributed by atoms with van der Waals surface area (Å²) in [6, 6.07) is 10.2. The van der Waals surface area contributed by atoms with Gasteiger partial charge in [-0.15, -0.1) is 11.3 Å². The number of hydrogen-bond donors (Lipinski definition) is 1. The Morgan fingerprint density at radius 3 is 2.35 bits per heavy atom. The van der Waals surface area contributed by atoms with Crippen LogP contribution >= 0.6 is 11.3 Å². The highest BCUT2D eigenvalue weighted by Crippen LogP contribution is 2.29. The molecule has 0 fully saturated rings. The summed E-state index contributed by atoms with van der Waals surface area (Å²) in [6.45, 7) is 4.31. The number of benzene rings is 1. The SMILES string of the molecule is Cc1c(/C=C/c2ccccc2)sc(CO)c1C. The van der Waals surface area contributed by atoms with Gasteiger partial charge in [0.1, 0.15) is 0 Å². The molecule has 2 heteroatoms. The zero-order valence-electron chi connectivity index (χ0n) is 10.1. The van der Waals surface area contributed by atoms with Crippen molar-refractivity contribution in [3.05, 3.63) is 56.8 Å². The van der Waals surface area contributed by atoms with Crippen molar-refractivity contribution in [2.45, 2.75) is 20.5 Å². The minimum atomic E-state index is 0.135. The van der Waals surface area contributed by atoms with Crippen molar-refractivity contribution in [2.24, 2.45) is 0 Å². The second-order valence-electron chi connectivity index (χ2n) is 4.04. The van der Waals surface area contributed by atoms with E-state index in [-0.39, 0.29) is 6.61 Å². The number of aliphatic hydroxyl groups is 1. The second-order valence-corrected chi connectivity index (χ2v) is 5.18. The van der Waals surface area contributed by atoms with Gasteiger partial charge < -0.3 is 5.11 Å². The fourth-order valence-electron chi connectivity index (χ4n) is 1.73. The maximum absolute atomic E-state index is 9.23. The van der Waals surface area contributed by atoms with E-state index in [0.717, 1.165) is 4.88 Å². The maximum atomic E-state index is 9.23. The summed E-state index contributed by atoms with van der Waals surface area (Å²) in [5.41, 5.74) is 3.68. The molecule has 1 aromatic carbocycles. The van der Waals surface area contributed by atoms with Crippen LogP contribution in [0, 0.1) is 13.8 Å². The lowest BCUT2D eigenvalue weighted by Gasteiger charge is -1.93. The molecule has 0 bridgehead atoms. The van der Waals surface area contributed by atoms with Gasteiger partial charge in [0.25, 0.3) is 0 Å². The molecule has 1 nitrogen and oxygen atoms in total. The third-order valence-corrected chi connectivity index (χ3v) is 4.30. The molecule has 0 unspecified atom stereocenters. The summed E-state index contributed by atoms with van der Waals surface area (Å²) in [5, 5.41) is 9.23. The van der Waals surface area contributed by atoms with E-state index in [1.807, 2.05) is 18.2 Å². The Bertz CT molecular complexity index is 523. The average molecular weight is 244 g/mol. The fourth-order valence-corrected chi connectivity index (χ4v) is 2.80. The number of aliphatic hydroxyl groups excluding tert-OH is 1. The molecule has 0 radical (unpaired) electrons. The van der Waals surface area contributed by atoms with E-state index in [1.165, 1.54) is 21.6 Å². The van der Waals surface area contributed by atoms with Crippen LogP contribution < -0.4 is 0 Å². The summed E-state index contributed by atoms with van der Waals surface area (Å²) in [7, 11) is 0. The fraction of sp³-hybridized carbons (Fsp3) is 0.200. The smallest absolute Gasteiger partial charge is 0.0777 e. The van der Waals surface area contributed by atoms with Gasteiger partial charge in [-0.25, -0.2) is 0 Å². The van der Waals surface area contributed by atoms with Crippen LogP contribution in [0.2, 0.25) is 0 Å². The standard InChI is InChI=1S/C15H16OS/c1-11-12(2)15(10-16)17-14(11)9-8-13-6-4-3-5-7-13/h3-9,16H,10H2,1-2H3/b9-8+. The highest BCUT2D eigenvalue weighted by Gasteiger charge is 2.07. The predicted octanol–water partition coefficient (Wildman–Crippen LogP) is 4.03. The van der Waals surface area contributed by atoms with Gasteiger partial charge >= 0.3 is 0 Å². The molecule has 1 heterocycles. The summed E-state index contributed by atoms with van der Waals surface area (Å²) < 4.78 is 0. The van der Waals surface area contributed by atoms with Gasteiger partial charge in [0.05, 0.1) is 6.61 Å². The largest absolute Gasteiger partial charge is 0.391 e. The molecule has 0 spiro atoms. The number of thiophene rings is 1. The van der Waals surface area contributed by atoms with Gasteiger partial charge in [0, 0.05) is 9.75 Å². The van der Waals surface area contributed by atoms with Crippen LogP contribution in [0.4, 0.5) is 0 Å². The first-order valence-corrected chi connectivity index (χ1v) is 6.47. The predicted molar refractivity (Wildman–Crippen MR) is 75.1 cm³/mol. The molecular weight excluding hydrogens is 228 g/mol. The first-order valence-electron chi connectivity index (χ1n) is 5.65. The highest BCUT2D eigenvalue weighted by molar-refractivity contribution is 7.13. The van der Waals surface area contributed by atoms with Crippen molar-refractivity contribution in [3.8, 4) is 0 Å². The lowest BCUT2D eigenvalue weighted by atomic mass is 10.1. The minimum Gasteiger partial charge on any atom is -0.391 e. The van der Waals surface area contributed by atoms with Crippen LogP contribution in [-0.2, 0) is 6.61 Å². The average Bonchev–Trinajstić information content (AvgIpc) is 2.65. The number of hydrogen-bond acceptors (Lipinski definition) is 2. The Kier molecular flexibility index (Phi) is 3.77. The lowest BCUT2D eigenvalue weighted by Crippen LogP contribution is -1.81. The Hall–Kier alpha value is -1.38. The van der Waals surface area contributed by atoms with Crippen molar-refractivity contribution >= 4 is 23.5 Å². The third-order valence-electron chi connectivity index (χ3n) is 2.95. The van der Waals surface area contributed by atoms with E-state index < -0.39 is 0 Å². The molecular formula is C15H16OS. The van der Waals surface area contributed by atoms with E-state index in [4.69, 9.17) is 0 Å². The minimum absolute atomic E-state index is 0.135. The maximum Gasteiger partial charge on any atom is 0.0777 e. The van der Waals surface area contributed by atoms with E-state index in [0.29, 0.717) is 0 Å². The zero-order valence-corrected chi connectivity index (χ0v) is 10.9. The lowest BCUT2D eigenvalue weighted by molar-refractivity contribution is 0.285. The van der Waals surface area contributed by atoms with Crippen LogP contribution in [0.25, 0.3) is 12.2 Å². The van der Waals surface area contributed by atoms with Gasteiger partial charge in [-0.2, -0.15) is 0 Å². The Balaban J connectivity index is 2.28. The summed E-state index contributed by atoms with van der Waals surface area (Å²) in [6.07, 6.45) is 4.24. The van der Waals surface area contributed by atoms with Crippen LogP contribution in [-0.4, -0.2) is 5.11 Å². The molecule has 0 saturated heterocycles. The van der Waals surface area contributed by atoms with Crippen LogP contribution in [0.3, 0.4) is 0 Å². The van der Waals surface area contributed by atoms with E-state index >= 15 is 0 Å². The molecule has 2 aromatic rings. The van der Waals surface area contributed by atoms with Crippen molar-refractivity contribution in [1.29, 1.82) is 0 Å². The van der Waals surface area contributed by atoms with Crippen molar-refractivity contribution < 1.29 is 5.11 Å².